The fraction of sp³-hybridized carbons (Fsp3) is 0.650. The van der Waals surface area contributed by atoms with E-state index in [4.69, 9.17) is 16.3 Å². The maximum Gasteiger partial charge on any atom is 0.252 e. The van der Waals surface area contributed by atoms with Crippen LogP contribution in [0.3, 0.4) is 0 Å². The van der Waals surface area contributed by atoms with Crippen molar-refractivity contribution in [2.45, 2.75) is 46.0 Å². The van der Waals surface area contributed by atoms with E-state index in [1.54, 1.807) is 25.3 Å². The Morgan fingerprint density at radius 3 is 2.58 bits per heavy atom. The molecule has 2 unspecified atom stereocenters. The Bertz CT molecular complexity index is 598. The van der Waals surface area contributed by atoms with E-state index in [9.17, 15) is 4.79 Å². The molecule has 1 amide bonds. The van der Waals surface area contributed by atoms with Gasteiger partial charge < -0.3 is 10.1 Å². The summed E-state index contributed by atoms with van der Waals surface area (Å²) in [6.07, 6.45) is 6.53. The molecule has 2 fully saturated rings. The first-order valence-electron chi connectivity index (χ1n) is 9.00. The molecular weight excluding hydrogens is 322 g/mol. The molecule has 24 heavy (non-hydrogen) atoms. The van der Waals surface area contributed by atoms with Gasteiger partial charge in [-0.3, -0.25) is 4.79 Å². The Morgan fingerprint density at radius 1 is 1.29 bits per heavy atom. The Kier molecular flexibility index (Phi) is 5.10. The molecule has 0 spiro atoms. The molecule has 2 atom stereocenters. The molecule has 4 heteroatoms. The summed E-state index contributed by atoms with van der Waals surface area (Å²) in [4.78, 5) is 12.6. The standard InChI is InChI=1S/C20H28ClNO2/c1-13-6-14-8-15(7-13)11-20(2,10-14)12-22-19(23)17-9-16(24-3)4-5-18(17)21/h4-5,9,13-15H,6-8,10-12H2,1-3H3,(H,22,23). The number of carbonyl (C=O) groups excluding carboxylic acids is 1. The van der Waals surface area contributed by atoms with Crippen molar-refractivity contribution in [3.63, 3.8) is 0 Å². The summed E-state index contributed by atoms with van der Waals surface area (Å²) < 4.78 is 5.20. The number of carbonyl (C=O) groups is 1. The van der Waals surface area contributed by atoms with Gasteiger partial charge in [0.15, 0.2) is 0 Å². The number of benzene rings is 1. The highest BCUT2D eigenvalue weighted by Crippen LogP contribution is 2.49. The number of rotatable bonds is 4. The van der Waals surface area contributed by atoms with Gasteiger partial charge in [0.2, 0.25) is 0 Å². The normalized spacial score (nSPS) is 32.2. The van der Waals surface area contributed by atoms with Gasteiger partial charge in [0, 0.05) is 6.54 Å². The number of methoxy groups -OCH3 is 1. The van der Waals surface area contributed by atoms with E-state index in [-0.39, 0.29) is 11.3 Å². The van der Waals surface area contributed by atoms with E-state index in [1.165, 1.54) is 32.1 Å². The van der Waals surface area contributed by atoms with Crippen molar-refractivity contribution >= 4 is 17.5 Å². The zero-order chi connectivity index (χ0) is 17.3. The van der Waals surface area contributed by atoms with Gasteiger partial charge in [-0.15, -0.1) is 0 Å². The molecule has 2 aliphatic rings. The predicted molar refractivity (Wildman–Crippen MR) is 97.7 cm³/mol. The van der Waals surface area contributed by atoms with Crippen molar-refractivity contribution < 1.29 is 9.53 Å². The molecule has 0 aromatic heterocycles. The number of amides is 1. The van der Waals surface area contributed by atoms with Crippen LogP contribution in [0.15, 0.2) is 18.2 Å². The van der Waals surface area contributed by atoms with Gasteiger partial charge in [0.25, 0.3) is 5.91 Å². The van der Waals surface area contributed by atoms with Crippen LogP contribution >= 0.6 is 11.6 Å². The van der Waals surface area contributed by atoms with Crippen LogP contribution in [0.5, 0.6) is 5.75 Å². The molecule has 1 aromatic rings. The van der Waals surface area contributed by atoms with E-state index in [0.717, 1.165) is 24.3 Å². The summed E-state index contributed by atoms with van der Waals surface area (Å²) in [6, 6.07) is 5.19. The number of ether oxygens (including phenoxy) is 1. The van der Waals surface area contributed by atoms with Gasteiger partial charge in [-0.25, -0.2) is 0 Å². The fourth-order valence-electron chi connectivity index (χ4n) is 5.05. The molecule has 0 heterocycles. The van der Waals surface area contributed by atoms with Crippen LogP contribution in [-0.2, 0) is 0 Å². The van der Waals surface area contributed by atoms with E-state index >= 15 is 0 Å². The molecule has 2 bridgehead atoms. The fourth-order valence-corrected chi connectivity index (χ4v) is 5.25. The largest absolute Gasteiger partial charge is 0.497 e. The Morgan fingerprint density at radius 2 is 1.96 bits per heavy atom. The average Bonchev–Trinajstić information content (AvgIpc) is 2.52. The van der Waals surface area contributed by atoms with Gasteiger partial charge in [0.05, 0.1) is 17.7 Å². The minimum absolute atomic E-state index is 0.107. The summed E-state index contributed by atoms with van der Waals surface area (Å²) in [6.45, 7) is 5.44. The highest BCUT2D eigenvalue weighted by molar-refractivity contribution is 6.33. The van der Waals surface area contributed by atoms with Crippen LogP contribution in [0.25, 0.3) is 0 Å². The van der Waals surface area contributed by atoms with Crippen molar-refractivity contribution in [3.05, 3.63) is 28.8 Å². The second-order valence-electron chi connectivity index (χ2n) is 8.29. The SMILES string of the molecule is COc1ccc(Cl)c(C(=O)NCC2(C)CC3CC(C)CC(C3)C2)c1. The topological polar surface area (TPSA) is 38.3 Å². The first kappa shape index (κ1) is 17.6. The van der Waals surface area contributed by atoms with Crippen LogP contribution in [-0.4, -0.2) is 19.6 Å². The first-order valence-corrected chi connectivity index (χ1v) is 9.38. The molecule has 0 radical (unpaired) electrons. The van der Waals surface area contributed by atoms with Crippen molar-refractivity contribution in [2.75, 3.05) is 13.7 Å². The average molecular weight is 350 g/mol. The van der Waals surface area contributed by atoms with E-state index < -0.39 is 0 Å². The number of hydrogen-bond donors (Lipinski definition) is 1. The smallest absolute Gasteiger partial charge is 0.252 e. The van der Waals surface area contributed by atoms with Crippen molar-refractivity contribution in [1.82, 2.24) is 5.32 Å². The molecule has 3 nitrogen and oxygen atoms in total. The molecule has 3 rings (SSSR count). The molecule has 132 valence electrons. The summed E-state index contributed by atoms with van der Waals surface area (Å²) in [7, 11) is 1.59. The number of fused-ring (bicyclic) bond motifs is 2. The molecule has 2 saturated carbocycles. The van der Waals surface area contributed by atoms with Crippen LogP contribution in [0.2, 0.25) is 5.02 Å². The van der Waals surface area contributed by atoms with Crippen molar-refractivity contribution in [1.29, 1.82) is 0 Å². The Balaban J connectivity index is 1.64. The highest BCUT2D eigenvalue weighted by Gasteiger charge is 2.41. The van der Waals surface area contributed by atoms with Gasteiger partial charge in [-0.05, 0) is 73.5 Å². The highest BCUT2D eigenvalue weighted by atomic mass is 35.5. The predicted octanol–water partition coefficient (Wildman–Crippen LogP) is 4.93. The summed E-state index contributed by atoms with van der Waals surface area (Å²) >= 11 is 6.18. The maximum absolute atomic E-state index is 12.6. The molecule has 1 N–H and O–H groups in total. The molecule has 0 aliphatic heterocycles. The lowest BCUT2D eigenvalue weighted by Gasteiger charge is -2.47. The van der Waals surface area contributed by atoms with Crippen LogP contribution in [0.4, 0.5) is 0 Å². The van der Waals surface area contributed by atoms with Crippen LogP contribution in [0, 0.1) is 23.2 Å². The summed E-state index contributed by atoms with van der Waals surface area (Å²) in [5.74, 6) is 3.06. The van der Waals surface area contributed by atoms with Gasteiger partial charge >= 0.3 is 0 Å². The lowest BCUT2D eigenvalue weighted by atomic mass is 9.59. The van der Waals surface area contributed by atoms with Crippen LogP contribution in [0.1, 0.15) is 56.3 Å². The lowest BCUT2D eigenvalue weighted by molar-refractivity contribution is 0.0448. The molecule has 2 aliphatic carbocycles. The monoisotopic (exact) mass is 349 g/mol. The molecule has 0 saturated heterocycles. The van der Waals surface area contributed by atoms with E-state index in [1.807, 2.05) is 0 Å². The Hall–Kier alpha value is -1.22. The third kappa shape index (κ3) is 3.88. The Labute approximate surface area is 150 Å². The third-order valence-electron chi connectivity index (χ3n) is 5.79. The minimum atomic E-state index is -0.107. The number of nitrogens with one attached hydrogen (secondary N) is 1. The minimum Gasteiger partial charge on any atom is -0.497 e. The van der Waals surface area contributed by atoms with Gasteiger partial charge in [-0.2, -0.15) is 0 Å². The summed E-state index contributed by atoms with van der Waals surface area (Å²) in [5, 5.41) is 3.59. The quantitative estimate of drug-likeness (QED) is 0.836. The molecule has 1 aromatic carbocycles. The van der Waals surface area contributed by atoms with E-state index in [0.29, 0.717) is 16.3 Å². The number of hydrogen-bond acceptors (Lipinski definition) is 2. The maximum atomic E-state index is 12.6. The van der Waals surface area contributed by atoms with Crippen molar-refractivity contribution in [3.8, 4) is 5.75 Å². The van der Waals surface area contributed by atoms with Crippen molar-refractivity contribution in [2.24, 2.45) is 23.2 Å². The van der Waals surface area contributed by atoms with Gasteiger partial charge in [0.1, 0.15) is 5.75 Å². The number of halogens is 1. The first-order chi connectivity index (χ1) is 11.4. The van der Waals surface area contributed by atoms with Crippen LogP contribution < -0.4 is 10.1 Å². The summed E-state index contributed by atoms with van der Waals surface area (Å²) in [5.41, 5.74) is 0.693. The lowest BCUT2D eigenvalue weighted by Crippen LogP contribution is -2.43. The second-order valence-corrected chi connectivity index (χ2v) is 8.70. The van der Waals surface area contributed by atoms with Gasteiger partial charge in [-0.1, -0.05) is 25.4 Å². The third-order valence-corrected chi connectivity index (χ3v) is 6.12. The zero-order valence-electron chi connectivity index (χ0n) is 14.9. The second kappa shape index (κ2) is 6.95. The van der Waals surface area contributed by atoms with E-state index in [2.05, 4.69) is 19.2 Å². The molecular formula is C20H28ClNO2. The zero-order valence-corrected chi connectivity index (χ0v) is 15.7.